The van der Waals surface area contributed by atoms with Gasteiger partial charge in [-0.05, 0) is 46.3 Å². The number of carbonyl (C=O) groups is 3. The average molecular weight is 451 g/mol. The van der Waals surface area contributed by atoms with E-state index in [1.807, 2.05) is 0 Å². The first kappa shape index (κ1) is 18.9. The van der Waals surface area contributed by atoms with Gasteiger partial charge < -0.3 is 10.5 Å². The Morgan fingerprint density at radius 3 is 2.63 bits per heavy atom. The van der Waals surface area contributed by atoms with Crippen molar-refractivity contribution in [3.8, 4) is 5.75 Å². The number of amides is 3. The van der Waals surface area contributed by atoms with Crippen molar-refractivity contribution in [1.29, 1.82) is 0 Å². The van der Waals surface area contributed by atoms with Crippen molar-refractivity contribution < 1.29 is 19.1 Å². The van der Waals surface area contributed by atoms with Crippen LogP contribution in [0.4, 0.5) is 5.69 Å². The molecule has 0 bridgehead atoms. The molecule has 0 aliphatic carbocycles. The number of benzene rings is 2. The number of nitrogens with one attached hydrogen (secondary N) is 1. The molecule has 1 aliphatic heterocycles. The van der Waals surface area contributed by atoms with Gasteiger partial charge in [-0.3, -0.25) is 19.8 Å². The zero-order valence-electron chi connectivity index (χ0n) is 13.7. The first-order valence-corrected chi connectivity index (χ1v) is 8.86. The largest absolute Gasteiger partial charge is 0.482 e. The topological polar surface area (TPSA) is 102 Å². The summed E-state index contributed by atoms with van der Waals surface area (Å²) in [6.07, 6.45) is 1.35. The van der Waals surface area contributed by atoms with E-state index in [1.165, 1.54) is 12.1 Å². The third-order valence-electron chi connectivity index (χ3n) is 3.60. The van der Waals surface area contributed by atoms with Gasteiger partial charge in [0.1, 0.15) is 11.3 Å². The number of ether oxygens (including phenoxy) is 1. The summed E-state index contributed by atoms with van der Waals surface area (Å²) >= 11 is 9.35. The summed E-state index contributed by atoms with van der Waals surface area (Å²) < 4.78 is 5.85. The molecule has 2 aromatic rings. The summed E-state index contributed by atoms with van der Waals surface area (Å²) in [5.41, 5.74) is 8.40. The number of rotatable bonds is 5. The van der Waals surface area contributed by atoms with E-state index in [1.54, 1.807) is 36.4 Å². The normalized spacial score (nSPS) is 15.2. The Balaban J connectivity index is 1.99. The van der Waals surface area contributed by atoms with Crippen LogP contribution in [-0.2, 0) is 14.4 Å². The van der Waals surface area contributed by atoms with E-state index in [4.69, 9.17) is 22.1 Å². The number of hydrogen-bond acceptors (Lipinski definition) is 4. The summed E-state index contributed by atoms with van der Waals surface area (Å²) in [6, 6.07) is 11.8. The highest BCUT2D eigenvalue weighted by Gasteiger charge is 2.34. The molecular formula is C18H13BrClN3O4. The molecule has 9 heteroatoms. The third-order valence-corrected chi connectivity index (χ3v) is 4.41. The highest BCUT2D eigenvalue weighted by atomic mass is 79.9. The molecule has 2 aromatic carbocycles. The minimum atomic E-state index is -0.666. The zero-order valence-corrected chi connectivity index (χ0v) is 16.1. The number of primary amides is 1. The summed E-state index contributed by atoms with van der Waals surface area (Å²) in [5.74, 6) is -1.52. The molecule has 3 amide bonds. The Kier molecular flexibility index (Phi) is 5.48. The molecule has 0 saturated carbocycles. The second-order valence-corrected chi connectivity index (χ2v) is 6.83. The Morgan fingerprint density at radius 1 is 1.26 bits per heavy atom. The van der Waals surface area contributed by atoms with Crippen LogP contribution in [0.15, 0.2) is 52.5 Å². The fraction of sp³-hybridized carbons (Fsp3) is 0.0556. The monoisotopic (exact) mass is 449 g/mol. The standard InChI is InChI=1S/C18H13BrClN3O4/c19-14-8-11(20)6-10(16(14)27-9-15(21)24)7-13-17(25)22-23(18(13)26)12-4-2-1-3-5-12/h1-8H,9H2,(H2,21,24)(H,22,25)/b13-7-. The van der Waals surface area contributed by atoms with Crippen LogP contribution < -0.4 is 20.9 Å². The lowest BCUT2D eigenvalue weighted by molar-refractivity contribution is -0.120. The molecule has 0 aromatic heterocycles. The molecule has 1 saturated heterocycles. The number of nitrogens with two attached hydrogens (primary N) is 1. The van der Waals surface area contributed by atoms with E-state index in [0.717, 1.165) is 5.01 Å². The van der Waals surface area contributed by atoms with Gasteiger partial charge in [-0.25, -0.2) is 5.01 Å². The van der Waals surface area contributed by atoms with E-state index < -0.39 is 17.7 Å². The van der Waals surface area contributed by atoms with Crippen LogP contribution in [0.5, 0.6) is 5.75 Å². The van der Waals surface area contributed by atoms with Crippen LogP contribution in [0.3, 0.4) is 0 Å². The maximum atomic E-state index is 12.7. The van der Waals surface area contributed by atoms with Gasteiger partial charge in [0.05, 0.1) is 10.2 Å². The van der Waals surface area contributed by atoms with E-state index in [-0.39, 0.29) is 17.9 Å². The molecule has 0 radical (unpaired) electrons. The van der Waals surface area contributed by atoms with Crippen molar-refractivity contribution >= 4 is 57.0 Å². The molecule has 3 N–H and O–H groups in total. The predicted octanol–water partition coefficient (Wildman–Crippen LogP) is 2.43. The van der Waals surface area contributed by atoms with Crippen LogP contribution in [0.25, 0.3) is 6.08 Å². The van der Waals surface area contributed by atoms with Crippen molar-refractivity contribution in [2.75, 3.05) is 11.6 Å². The molecule has 0 unspecified atom stereocenters. The van der Waals surface area contributed by atoms with E-state index >= 15 is 0 Å². The number of anilines is 1. The molecule has 27 heavy (non-hydrogen) atoms. The van der Waals surface area contributed by atoms with E-state index in [9.17, 15) is 14.4 Å². The van der Waals surface area contributed by atoms with Gasteiger partial charge in [-0.1, -0.05) is 29.8 Å². The Bertz CT molecular complexity index is 963. The fourth-order valence-electron chi connectivity index (χ4n) is 2.45. The van der Waals surface area contributed by atoms with Crippen LogP contribution in [-0.4, -0.2) is 24.3 Å². The average Bonchev–Trinajstić information content (AvgIpc) is 2.89. The lowest BCUT2D eigenvalue weighted by atomic mass is 10.1. The van der Waals surface area contributed by atoms with Gasteiger partial charge in [0.25, 0.3) is 17.7 Å². The van der Waals surface area contributed by atoms with E-state index in [0.29, 0.717) is 20.7 Å². The van der Waals surface area contributed by atoms with Crippen LogP contribution >= 0.6 is 27.5 Å². The molecule has 1 fully saturated rings. The van der Waals surface area contributed by atoms with Crippen molar-refractivity contribution in [3.05, 3.63) is 63.1 Å². The van der Waals surface area contributed by atoms with Gasteiger partial charge in [-0.15, -0.1) is 0 Å². The summed E-state index contributed by atoms with van der Waals surface area (Å²) in [7, 11) is 0. The minimum absolute atomic E-state index is 0.100. The molecule has 7 nitrogen and oxygen atoms in total. The number of nitrogens with zero attached hydrogens (tertiary/aromatic N) is 1. The predicted molar refractivity (Wildman–Crippen MR) is 104 cm³/mol. The van der Waals surface area contributed by atoms with Crippen molar-refractivity contribution in [2.45, 2.75) is 0 Å². The third kappa shape index (κ3) is 4.12. The first-order chi connectivity index (χ1) is 12.9. The van der Waals surface area contributed by atoms with Gasteiger partial charge >= 0.3 is 0 Å². The molecule has 1 aliphatic rings. The summed E-state index contributed by atoms with van der Waals surface area (Å²) in [5, 5.41) is 1.50. The summed E-state index contributed by atoms with van der Waals surface area (Å²) in [4.78, 5) is 36.0. The quantitative estimate of drug-likeness (QED) is 0.539. The zero-order chi connectivity index (χ0) is 19.6. The highest BCUT2D eigenvalue weighted by molar-refractivity contribution is 9.10. The Labute approximate surface area is 167 Å². The minimum Gasteiger partial charge on any atom is -0.482 e. The van der Waals surface area contributed by atoms with Crippen LogP contribution in [0.2, 0.25) is 5.02 Å². The molecule has 1 heterocycles. The van der Waals surface area contributed by atoms with Crippen molar-refractivity contribution in [3.63, 3.8) is 0 Å². The molecule has 138 valence electrons. The van der Waals surface area contributed by atoms with E-state index in [2.05, 4.69) is 21.4 Å². The first-order valence-electron chi connectivity index (χ1n) is 7.69. The van der Waals surface area contributed by atoms with Gasteiger partial charge in [-0.2, -0.15) is 0 Å². The maximum Gasteiger partial charge on any atom is 0.282 e. The van der Waals surface area contributed by atoms with Gasteiger partial charge in [0.2, 0.25) is 0 Å². The molecule has 0 spiro atoms. The molecule has 3 rings (SSSR count). The Hall–Kier alpha value is -2.84. The Morgan fingerprint density at radius 2 is 1.96 bits per heavy atom. The SMILES string of the molecule is NC(=O)COc1c(Br)cc(Cl)cc1/C=C1/C(=O)NN(c2ccccc2)C1=O. The van der Waals surface area contributed by atoms with Crippen LogP contribution in [0, 0.1) is 0 Å². The highest BCUT2D eigenvalue weighted by Crippen LogP contribution is 2.35. The lowest BCUT2D eigenvalue weighted by Gasteiger charge is -2.14. The molecular weight excluding hydrogens is 438 g/mol. The number of hydrazine groups is 1. The van der Waals surface area contributed by atoms with Crippen LogP contribution in [0.1, 0.15) is 5.56 Å². The maximum absolute atomic E-state index is 12.7. The smallest absolute Gasteiger partial charge is 0.282 e. The second kappa shape index (κ2) is 7.81. The number of hydrogen-bond donors (Lipinski definition) is 2. The number of halogens is 2. The van der Waals surface area contributed by atoms with Gasteiger partial charge in [0.15, 0.2) is 6.61 Å². The summed E-state index contributed by atoms with van der Waals surface area (Å²) in [6.45, 7) is -0.368. The fourth-order valence-corrected chi connectivity index (χ4v) is 3.40. The number of carbonyl (C=O) groups excluding carboxylic acids is 3. The lowest BCUT2D eigenvalue weighted by Crippen LogP contribution is -2.35. The van der Waals surface area contributed by atoms with Gasteiger partial charge in [0, 0.05) is 10.6 Å². The van der Waals surface area contributed by atoms with Crippen molar-refractivity contribution in [1.82, 2.24) is 5.43 Å². The van der Waals surface area contributed by atoms with Crippen molar-refractivity contribution in [2.24, 2.45) is 5.73 Å². The second-order valence-electron chi connectivity index (χ2n) is 5.54. The number of para-hydroxylation sites is 1. The molecule has 0 atom stereocenters.